The van der Waals surface area contributed by atoms with Crippen LogP contribution in [0.1, 0.15) is 30.0 Å². The van der Waals surface area contributed by atoms with Gasteiger partial charge >= 0.3 is 0 Å². The quantitative estimate of drug-likeness (QED) is 0.297. The number of ether oxygens (including phenoxy) is 2. The molecule has 0 bridgehead atoms. The first-order valence-electron chi connectivity index (χ1n) is 11.0. The van der Waals surface area contributed by atoms with Gasteiger partial charge in [0, 0.05) is 7.11 Å². The van der Waals surface area contributed by atoms with E-state index in [1.807, 2.05) is 19.2 Å². The molecule has 1 unspecified atom stereocenters. The average molecular weight is 422 g/mol. The van der Waals surface area contributed by atoms with Crippen molar-refractivity contribution in [2.24, 2.45) is 0 Å². The SMILES string of the molecule is CCC(OC)([C](c1ccccc1)c1ccccc1)c1ccc(-c2ccc(OC)cc2)cc1. The van der Waals surface area contributed by atoms with Crippen molar-refractivity contribution in [3.05, 3.63) is 132 Å². The maximum atomic E-state index is 6.37. The molecule has 0 aliphatic heterocycles. The fourth-order valence-corrected chi connectivity index (χ4v) is 4.45. The predicted molar refractivity (Wildman–Crippen MR) is 132 cm³/mol. The standard InChI is InChI=1S/C30H29O2/c1-4-30(32-3,29(25-11-7-5-8-12-25)26-13-9-6-10-14-26)27-19-15-23(16-20-27)24-17-21-28(31-2)22-18-24/h5-22H,4H2,1-3H3. The maximum Gasteiger partial charge on any atom is 0.118 e. The highest BCUT2D eigenvalue weighted by atomic mass is 16.5. The number of hydrogen-bond donors (Lipinski definition) is 0. The zero-order chi connectivity index (χ0) is 22.4. The first kappa shape index (κ1) is 21.9. The highest BCUT2D eigenvalue weighted by molar-refractivity contribution is 5.65. The number of hydrogen-bond acceptors (Lipinski definition) is 2. The molecule has 0 fully saturated rings. The Morgan fingerprint density at radius 3 is 1.50 bits per heavy atom. The van der Waals surface area contributed by atoms with Crippen LogP contribution in [0.25, 0.3) is 11.1 Å². The van der Waals surface area contributed by atoms with Gasteiger partial charge in [0.1, 0.15) is 11.4 Å². The van der Waals surface area contributed by atoms with Crippen LogP contribution in [0.4, 0.5) is 0 Å². The van der Waals surface area contributed by atoms with Crippen molar-refractivity contribution < 1.29 is 9.47 Å². The molecule has 1 radical (unpaired) electrons. The second-order valence-corrected chi connectivity index (χ2v) is 7.80. The molecule has 1 atom stereocenters. The van der Waals surface area contributed by atoms with Gasteiger partial charge in [0.05, 0.1) is 13.0 Å². The smallest absolute Gasteiger partial charge is 0.118 e. The van der Waals surface area contributed by atoms with Crippen molar-refractivity contribution in [1.82, 2.24) is 0 Å². The lowest BCUT2D eigenvalue weighted by atomic mass is 9.72. The molecule has 161 valence electrons. The lowest BCUT2D eigenvalue weighted by Crippen LogP contribution is -2.36. The van der Waals surface area contributed by atoms with E-state index in [2.05, 4.69) is 104 Å². The first-order valence-corrected chi connectivity index (χ1v) is 11.0. The summed E-state index contributed by atoms with van der Waals surface area (Å²) in [5.74, 6) is 2.04. The van der Waals surface area contributed by atoms with E-state index in [1.54, 1.807) is 7.11 Å². The topological polar surface area (TPSA) is 18.5 Å². The lowest BCUT2D eigenvalue weighted by molar-refractivity contribution is 0.00237. The molecule has 0 saturated heterocycles. The molecular weight excluding hydrogens is 392 g/mol. The lowest BCUT2D eigenvalue weighted by Gasteiger charge is -2.40. The first-order chi connectivity index (χ1) is 15.7. The van der Waals surface area contributed by atoms with Crippen molar-refractivity contribution in [2.45, 2.75) is 18.9 Å². The van der Waals surface area contributed by atoms with Crippen molar-refractivity contribution >= 4 is 0 Å². The molecule has 4 aromatic rings. The third kappa shape index (κ3) is 4.19. The van der Waals surface area contributed by atoms with Gasteiger partial charge in [0.15, 0.2) is 0 Å². The summed E-state index contributed by atoms with van der Waals surface area (Å²) in [4.78, 5) is 0. The van der Waals surface area contributed by atoms with Crippen LogP contribution in [0.2, 0.25) is 0 Å². The third-order valence-corrected chi connectivity index (χ3v) is 6.15. The van der Waals surface area contributed by atoms with E-state index < -0.39 is 5.60 Å². The van der Waals surface area contributed by atoms with Gasteiger partial charge in [-0.1, -0.05) is 104 Å². The van der Waals surface area contributed by atoms with Crippen LogP contribution in [0, 0.1) is 5.92 Å². The van der Waals surface area contributed by atoms with E-state index in [9.17, 15) is 0 Å². The monoisotopic (exact) mass is 421 g/mol. The van der Waals surface area contributed by atoms with Gasteiger partial charge in [-0.25, -0.2) is 0 Å². The van der Waals surface area contributed by atoms with Gasteiger partial charge in [-0.15, -0.1) is 0 Å². The third-order valence-electron chi connectivity index (χ3n) is 6.15. The Hall–Kier alpha value is -3.36. The molecular formula is C30H29O2. The van der Waals surface area contributed by atoms with Crippen LogP contribution in [0.3, 0.4) is 0 Å². The Kier molecular flexibility index (Phi) is 6.72. The van der Waals surface area contributed by atoms with E-state index in [0.29, 0.717) is 0 Å². The number of methoxy groups -OCH3 is 2. The Bertz CT molecular complexity index is 1060. The Balaban J connectivity index is 1.79. The molecule has 0 saturated carbocycles. The second kappa shape index (κ2) is 9.84. The average Bonchev–Trinajstić information content (AvgIpc) is 2.88. The van der Waals surface area contributed by atoms with Crippen LogP contribution in [-0.4, -0.2) is 14.2 Å². The van der Waals surface area contributed by atoms with Crippen molar-refractivity contribution in [3.63, 3.8) is 0 Å². The molecule has 0 N–H and O–H groups in total. The number of benzene rings is 4. The van der Waals surface area contributed by atoms with Crippen LogP contribution in [-0.2, 0) is 10.3 Å². The fourth-order valence-electron chi connectivity index (χ4n) is 4.45. The highest BCUT2D eigenvalue weighted by Gasteiger charge is 2.41. The molecule has 0 heterocycles. The predicted octanol–water partition coefficient (Wildman–Crippen LogP) is 7.28. The summed E-state index contributed by atoms with van der Waals surface area (Å²) in [6, 6.07) is 38.0. The Morgan fingerprint density at radius 2 is 1.09 bits per heavy atom. The molecule has 0 aliphatic carbocycles. The van der Waals surface area contributed by atoms with Crippen molar-refractivity contribution in [3.8, 4) is 16.9 Å². The van der Waals surface area contributed by atoms with Crippen molar-refractivity contribution in [2.75, 3.05) is 14.2 Å². The highest BCUT2D eigenvalue weighted by Crippen LogP contribution is 2.46. The zero-order valence-corrected chi connectivity index (χ0v) is 18.9. The normalized spacial score (nSPS) is 13.0. The molecule has 4 aromatic carbocycles. The zero-order valence-electron chi connectivity index (χ0n) is 18.9. The largest absolute Gasteiger partial charge is 0.497 e. The summed E-state index contributed by atoms with van der Waals surface area (Å²) in [5.41, 5.74) is 5.23. The number of rotatable bonds is 8. The molecule has 2 heteroatoms. The fraction of sp³-hybridized carbons (Fsp3) is 0.167. The van der Waals surface area contributed by atoms with Gasteiger partial charge in [0.25, 0.3) is 0 Å². The van der Waals surface area contributed by atoms with E-state index in [4.69, 9.17) is 9.47 Å². The minimum atomic E-state index is -0.568. The summed E-state index contributed by atoms with van der Waals surface area (Å²) in [6.07, 6.45) is 0.810. The van der Waals surface area contributed by atoms with Crippen molar-refractivity contribution in [1.29, 1.82) is 0 Å². The summed E-state index contributed by atoms with van der Waals surface area (Å²) < 4.78 is 11.7. The van der Waals surface area contributed by atoms with Crippen LogP contribution < -0.4 is 4.74 Å². The molecule has 0 aromatic heterocycles. The second-order valence-electron chi connectivity index (χ2n) is 7.80. The van der Waals surface area contributed by atoms with E-state index in [1.165, 1.54) is 22.6 Å². The summed E-state index contributed by atoms with van der Waals surface area (Å²) in [7, 11) is 3.50. The molecule has 0 aliphatic rings. The maximum absolute atomic E-state index is 6.37. The summed E-state index contributed by atoms with van der Waals surface area (Å²) in [6.45, 7) is 2.19. The molecule has 4 rings (SSSR count). The van der Waals surface area contributed by atoms with E-state index in [0.717, 1.165) is 23.3 Å². The molecule has 0 spiro atoms. The van der Waals surface area contributed by atoms with Crippen LogP contribution in [0.15, 0.2) is 109 Å². The Labute approximate surface area is 191 Å². The van der Waals surface area contributed by atoms with Gasteiger partial charge in [-0.3, -0.25) is 0 Å². The van der Waals surface area contributed by atoms with E-state index >= 15 is 0 Å². The minimum absolute atomic E-state index is 0.568. The van der Waals surface area contributed by atoms with Gasteiger partial charge in [-0.05, 0) is 46.4 Å². The van der Waals surface area contributed by atoms with Gasteiger partial charge < -0.3 is 9.47 Å². The molecule has 0 amide bonds. The van der Waals surface area contributed by atoms with Gasteiger partial charge in [0.2, 0.25) is 0 Å². The molecule has 32 heavy (non-hydrogen) atoms. The van der Waals surface area contributed by atoms with E-state index in [-0.39, 0.29) is 0 Å². The Morgan fingerprint density at radius 1 is 0.625 bits per heavy atom. The molecule has 2 nitrogen and oxygen atoms in total. The van der Waals surface area contributed by atoms with Crippen LogP contribution >= 0.6 is 0 Å². The minimum Gasteiger partial charge on any atom is -0.497 e. The van der Waals surface area contributed by atoms with Crippen LogP contribution in [0.5, 0.6) is 5.75 Å². The summed E-state index contributed by atoms with van der Waals surface area (Å²) in [5, 5.41) is 0. The van der Waals surface area contributed by atoms with Gasteiger partial charge in [-0.2, -0.15) is 0 Å². The summed E-state index contributed by atoms with van der Waals surface area (Å²) >= 11 is 0.